The van der Waals surface area contributed by atoms with Crippen molar-refractivity contribution < 1.29 is 14.3 Å². The van der Waals surface area contributed by atoms with Crippen molar-refractivity contribution in [2.24, 2.45) is 5.92 Å². The summed E-state index contributed by atoms with van der Waals surface area (Å²) in [6, 6.07) is 15.8. The molecular weight excluding hydrogens is 424 g/mol. The van der Waals surface area contributed by atoms with E-state index in [0.29, 0.717) is 0 Å². The van der Waals surface area contributed by atoms with Gasteiger partial charge in [-0.15, -0.1) is 0 Å². The Morgan fingerprint density at radius 2 is 1.62 bits per heavy atom. The van der Waals surface area contributed by atoms with E-state index in [9.17, 15) is 4.79 Å². The lowest BCUT2D eigenvalue weighted by Gasteiger charge is -2.36. The van der Waals surface area contributed by atoms with Gasteiger partial charge in [-0.25, -0.2) is 0 Å². The molecule has 0 unspecified atom stereocenters. The highest BCUT2D eigenvalue weighted by Crippen LogP contribution is 2.41. The number of benzene rings is 2. The van der Waals surface area contributed by atoms with Gasteiger partial charge in [0, 0.05) is 12.2 Å². The van der Waals surface area contributed by atoms with Gasteiger partial charge >= 0.3 is 0 Å². The van der Waals surface area contributed by atoms with E-state index < -0.39 is 5.41 Å². The molecule has 184 valence electrons. The predicted molar refractivity (Wildman–Crippen MR) is 138 cm³/mol. The number of anilines is 1. The Labute approximate surface area is 204 Å². The monoisotopic (exact) mass is 464 g/mol. The molecule has 0 radical (unpaired) electrons. The van der Waals surface area contributed by atoms with Crippen molar-refractivity contribution in [2.45, 2.75) is 63.7 Å². The maximum atomic E-state index is 13.5. The Morgan fingerprint density at radius 1 is 0.971 bits per heavy atom. The van der Waals surface area contributed by atoms with Crippen molar-refractivity contribution in [3.63, 3.8) is 0 Å². The van der Waals surface area contributed by atoms with Gasteiger partial charge in [-0.1, -0.05) is 38.3 Å². The molecule has 0 atom stereocenters. The molecule has 1 aliphatic carbocycles. The summed E-state index contributed by atoms with van der Waals surface area (Å²) in [6.07, 6.45) is 8.75. The number of methoxy groups -OCH3 is 1. The molecule has 0 bridgehead atoms. The molecule has 1 N–H and O–H groups in total. The second-order valence-electron chi connectivity index (χ2n) is 10.1. The summed E-state index contributed by atoms with van der Waals surface area (Å²) in [6.45, 7) is 6.61. The number of carbonyl (C=O) groups is 1. The molecule has 1 saturated carbocycles. The van der Waals surface area contributed by atoms with Crippen LogP contribution in [0.4, 0.5) is 5.69 Å². The Hall–Kier alpha value is -2.53. The van der Waals surface area contributed by atoms with E-state index in [-0.39, 0.29) is 5.91 Å². The van der Waals surface area contributed by atoms with Crippen LogP contribution in [0.25, 0.3) is 0 Å². The first-order chi connectivity index (χ1) is 16.6. The Kier molecular flexibility index (Phi) is 8.49. The van der Waals surface area contributed by atoms with Gasteiger partial charge in [0.2, 0.25) is 5.91 Å². The van der Waals surface area contributed by atoms with Gasteiger partial charge in [0.25, 0.3) is 0 Å². The second-order valence-corrected chi connectivity index (χ2v) is 10.1. The zero-order valence-corrected chi connectivity index (χ0v) is 20.9. The first-order valence-corrected chi connectivity index (χ1v) is 13.0. The minimum absolute atomic E-state index is 0.0851. The fourth-order valence-electron chi connectivity index (χ4n) is 5.36. The Bertz CT molecular complexity index is 896. The molecule has 2 aromatic rings. The molecule has 1 heterocycles. The lowest BCUT2D eigenvalue weighted by Crippen LogP contribution is -2.42. The molecule has 4 rings (SSSR count). The highest BCUT2D eigenvalue weighted by Gasteiger charge is 2.41. The van der Waals surface area contributed by atoms with Crippen LogP contribution in [0.15, 0.2) is 48.5 Å². The molecular formula is C29H40N2O3. The predicted octanol–water partition coefficient (Wildman–Crippen LogP) is 6.04. The van der Waals surface area contributed by atoms with Crippen molar-refractivity contribution in [1.29, 1.82) is 0 Å². The molecule has 1 amide bonds. The third kappa shape index (κ3) is 6.12. The van der Waals surface area contributed by atoms with Gasteiger partial charge in [0.05, 0.1) is 19.1 Å². The van der Waals surface area contributed by atoms with Crippen molar-refractivity contribution >= 4 is 11.6 Å². The third-order valence-electron chi connectivity index (χ3n) is 7.66. The SMILES string of the molecule is COc1ccc(C2(C(=O)Nc3ccc(OCCCN4CCC(C)CC4)cc3)CCCCC2)cc1. The molecule has 1 saturated heterocycles. The van der Waals surface area contributed by atoms with Crippen molar-refractivity contribution in [3.8, 4) is 11.5 Å². The third-order valence-corrected chi connectivity index (χ3v) is 7.66. The number of ether oxygens (including phenoxy) is 2. The van der Waals surface area contributed by atoms with Crippen molar-refractivity contribution in [2.75, 3.05) is 38.7 Å². The van der Waals surface area contributed by atoms with Crippen LogP contribution in [-0.2, 0) is 10.2 Å². The molecule has 5 nitrogen and oxygen atoms in total. The first-order valence-electron chi connectivity index (χ1n) is 13.0. The lowest BCUT2D eigenvalue weighted by molar-refractivity contribution is -0.122. The van der Waals surface area contributed by atoms with Crippen LogP contribution in [0.5, 0.6) is 11.5 Å². The zero-order chi connectivity index (χ0) is 23.8. The van der Waals surface area contributed by atoms with Crippen LogP contribution >= 0.6 is 0 Å². The molecule has 1 aliphatic heterocycles. The number of hydrogen-bond acceptors (Lipinski definition) is 4. The lowest BCUT2D eigenvalue weighted by atomic mass is 9.68. The number of rotatable bonds is 9. The fourth-order valence-corrected chi connectivity index (χ4v) is 5.36. The van der Waals surface area contributed by atoms with Gasteiger partial charge in [-0.05, 0) is 93.1 Å². The van der Waals surface area contributed by atoms with Crippen LogP contribution in [0.3, 0.4) is 0 Å². The normalized spacial score (nSPS) is 18.9. The van der Waals surface area contributed by atoms with Crippen LogP contribution in [0.1, 0.15) is 63.9 Å². The van der Waals surface area contributed by atoms with E-state index in [0.717, 1.165) is 73.9 Å². The fraction of sp³-hybridized carbons (Fsp3) is 0.552. The quantitative estimate of drug-likeness (QED) is 0.460. The van der Waals surface area contributed by atoms with Gasteiger partial charge in [0.15, 0.2) is 0 Å². The van der Waals surface area contributed by atoms with Gasteiger partial charge in [0.1, 0.15) is 11.5 Å². The number of nitrogens with zero attached hydrogens (tertiary/aromatic N) is 1. The summed E-state index contributed by atoms with van der Waals surface area (Å²) < 4.78 is 11.3. The second kappa shape index (κ2) is 11.7. The van der Waals surface area contributed by atoms with E-state index in [4.69, 9.17) is 9.47 Å². The molecule has 0 aromatic heterocycles. The van der Waals surface area contributed by atoms with Crippen molar-refractivity contribution in [3.05, 3.63) is 54.1 Å². The maximum absolute atomic E-state index is 13.5. The number of hydrogen-bond donors (Lipinski definition) is 1. The zero-order valence-electron chi connectivity index (χ0n) is 20.9. The van der Waals surface area contributed by atoms with Crippen molar-refractivity contribution in [1.82, 2.24) is 4.90 Å². The largest absolute Gasteiger partial charge is 0.497 e. The molecule has 5 heteroatoms. The van der Waals surface area contributed by atoms with Gasteiger partial charge in [-0.3, -0.25) is 4.79 Å². The maximum Gasteiger partial charge on any atom is 0.235 e. The highest BCUT2D eigenvalue weighted by atomic mass is 16.5. The highest BCUT2D eigenvalue weighted by molar-refractivity contribution is 5.99. The average molecular weight is 465 g/mol. The van der Waals surface area contributed by atoms with E-state index >= 15 is 0 Å². The van der Waals surface area contributed by atoms with E-state index in [1.54, 1.807) is 7.11 Å². The molecule has 2 aromatic carbocycles. The molecule has 0 spiro atoms. The van der Waals surface area contributed by atoms with Crippen LogP contribution < -0.4 is 14.8 Å². The van der Waals surface area contributed by atoms with Gasteiger partial charge in [-0.2, -0.15) is 0 Å². The summed E-state index contributed by atoms with van der Waals surface area (Å²) >= 11 is 0. The minimum Gasteiger partial charge on any atom is -0.497 e. The summed E-state index contributed by atoms with van der Waals surface area (Å²) in [5.74, 6) is 2.63. The summed E-state index contributed by atoms with van der Waals surface area (Å²) in [5.41, 5.74) is 1.42. The Morgan fingerprint density at radius 3 is 2.26 bits per heavy atom. The van der Waals surface area contributed by atoms with E-state index in [2.05, 4.69) is 17.1 Å². The van der Waals surface area contributed by atoms with E-state index in [1.807, 2.05) is 48.5 Å². The van der Waals surface area contributed by atoms with Crippen LogP contribution in [-0.4, -0.2) is 44.2 Å². The van der Waals surface area contributed by atoms with E-state index in [1.165, 1.54) is 32.4 Å². The average Bonchev–Trinajstić information content (AvgIpc) is 2.89. The molecule has 34 heavy (non-hydrogen) atoms. The minimum atomic E-state index is -0.480. The van der Waals surface area contributed by atoms with Crippen LogP contribution in [0, 0.1) is 5.92 Å². The van der Waals surface area contributed by atoms with Gasteiger partial charge < -0.3 is 19.7 Å². The standard InChI is InChI=1S/C29H40N2O3/c1-23-15-20-31(21-16-23)19-6-22-34-27-13-9-25(10-14-27)30-28(32)29(17-4-3-5-18-29)24-7-11-26(33-2)12-8-24/h7-14,23H,3-6,15-22H2,1-2H3,(H,30,32). The Balaban J connectivity index is 1.31. The number of amides is 1. The first kappa shape index (κ1) is 24.6. The van der Waals surface area contributed by atoms with Crippen LogP contribution in [0.2, 0.25) is 0 Å². The topological polar surface area (TPSA) is 50.8 Å². The number of piperidine rings is 1. The summed E-state index contributed by atoms with van der Waals surface area (Å²) in [7, 11) is 1.67. The number of carbonyl (C=O) groups excluding carboxylic acids is 1. The summed E-state index contributed by atoms with van der Waals surface area (Å²) in [4.78, 5) is 16.1. The molecule has 2 aliphatic rings. The molecule has 2 fully saturated rings. The number of likely N-dealkylation sites (tertiary alicyclic amines) is 1. The summed E-state index contributed by atoms with van der Waals surface area (Å²) in [5, 5.41) is 3.19. The number of nitrogens with one attached hydrogen (secondary N) is 1. The smallest absolute Gasteiger partial charge is 0.235 e.